The minimum absolute atomic E-state index is 0.0172. The van der Waals surface area contributed by atoms with Gasteiger partial charge in [-0.2, -0.15) is 4.39 Å². The predicted molar refractivity (Wildman–Crippen MR) is 146 cm³/mol. The average molecular weight is 576 g/mol. The Bertz CT molecular complexity index is 1300. The molecule has 5 rings (SSSR count). The Hall–Kier alpha value is -3.08. The van der Waals surface area contributed by atoms with Gasteiger partial charge in [0.25, 0.3) is 0 Å². The van der Waals surface area contributed by atoms with Crippen LogP contribution in [0.4, 0.5) is 25.0 Å². The average Bonchev–Trinajstić information content (AvgIpc) is 3.63. The van der Waals surface area contributed by atoms with Gasteiger partial charge in [0.2, 0.25) is 5.78 Å². The largest absolute Gasteiger partial charge is 0.481 e. The number of carboxylic acid groups (broad SMARTS) is 1. The minimum atomic E-state index is -2.76. The van der Waals surface area contributed by atoms with Gasteiger partial charge in [-0.05, 0) is 74.3 Å². The Morgan fingerprint density at radius 3 is 2.48 bits per heavy atom. The van der Waals surface area contributed by atoms with Crippen molar-refractivity contribution in [3.05, 3.63) is 58.4 Å². The number of hydrogen-bond donors (Lipinski definition) is 2. The molecule has 2 amide bonds. The van der Waals surface area contributed by atoms with Gasteiger partial charge in [0.15, 0.2) is 0 Å². The van der Waals surface area contributed by atoms with Gasteiger partial charge in [0.1, 0.15) is 5.82 Å². The van der Waals surface area contributed by atoms with Crippen LogP contribution < -0.4 is 10.2 Å². The highest BCUT2D eigenvalue weighted by atomic mass is 35.5. The molecule has 1 saturated heterocycles. The first kappa shape index (κ1) is 28.4. The number of hydrogen-bond acceptors (Lipinski definition) is 5. The van der Waals surface area contributed by atoms with Crippen molar-refractivity contribution in [1.82, 2.24) is 4.90 Å². The number of halogens is 3. The van der Waals surface area contributed by atoms with E-state index in [1.165, 1.54) is 11.0 Å². The highest BCUT2D eigenvalue weighted by Gasteiger charge is 2.49. The zero-order valence-corrected chi connectivity index (χ0v) is 22.8. The maximum absolute atomic E-state index is 16.4. The van der Waals surface area contributed by atoms with Gasteiger partial charge >= 0.3 is 18.0 Å². The molecule has 8 nitrogen and oxygen atoms in total. The number of carbonyl (C=O) groups excluding carboxylic acids is 2. The first-order valence-corrected chi connectivity index (χ1v) is 14.1. The molecule has 1 atom stereocenters. The number of nitrogens with zero attached hydrogens (tertiary/aromatic N) is 2. The van der Waals surface area contributed by atoms with E-state index in [-0.39, 0.29) is 16.3 Å². The second-order valence-electron chi connectivity index (χ2n) is 10.7. The van der Waals surface area contributed by atoms with Crippen LogP contribution in [0, 0.1) is 11.7 Å². The van der Waals surface area contributed by atoms with Crippen molar-refractivity contribution >= 4 is 40.8 Å². The van der Waals surface area contributed by atoms with Gasteiger partial charge in [-0.15, -0.1) is 0 Å². The number of rotatable bonds is 8. The molecule has 11 heteroatoms. The van der Waals surface area contributed by atoms with Crippen molar-refractivity contribution in [3.8, 4) is 0 Å². The number of likely N-dealkylation sites (tertiary alicyclic amines) is 1. The van der Waals surface area contributed by atoms with E-state index in [9.17, 15) is 19.5 Å². The summed E-state index contributed by atoms with van der Waals surface area (Å²) in [4.78, 5) is 40.4. The van der Waals surface area contributed by atoms with Crippen LogP contribution in [0.15, 0.2) is 36.4 Å². The van der Waals surface area contributed by atoms with E-state index in [2.05, 4.69) is 5.32 Å². The predicted octanol–water partition coefficient (Wildman–Crippen LogP) is 5.56. The number of fused-ring (bicyclic) bond motifs is 1. The number of urea groups is 1. The van der Waals surface area contributed by atoms with Crippen molar-refractivity contribution < 1.29 is 33.0 Å². The third kappa shape index (κ3) is 5.84. The van der Waals surface area contributed by atoms with Crippen LogP contribution in [0.3, 0.4) is 0 Å². The molecule has 3 aliphatic rings. The summed E-state index contributed by atoms with van der Waals surface area (Å²) in [6.07, 6.45) is 2.20. The lowest BCUT2D eigenvalue weighted by atomic mass is 9.87. The van der Waals surface area contributed by atoms with Crippen LogP contribution in [0.2, 0.25) is 5.02 Å². The molecular formula is C29H32ClF2N3O5. The Balaban J connectivity index is 1.29. The Labute approximate surface area is 236 Å². The van der Waals surface area contributed by atoms with E-state index in [1.54, 1.807) is 4.90 Å². The van der Waals surface area contributed by atoms with Gasteiger partial charge in [-0.3, -0.25) is 14.5 Å². The maximum Gasteiger partial charge on any atom is 0.330 e. The number of carbonyl (C=O) groups is 3. The summed E-state index contributed by atoms with van der Waals surface area (Å²) < 4.78 is 37.4. The van der Waals surface area contributed by atoms with E-state index >= 15 is 8.78 Å². The van der Waals surface area contributed by atoms with Crippen molar-refractivity contribution in [1.29, 1.82) is 0 Å². The molecule has 0 radical (unpaired) electrons. The molecule has 0 spiro atoms. The van der Waals surface area contributed by atoms with Gasteiger partial charge in [-0.1, -0.05) is 29.8 Å². The summed E-state index contributed by atoms with van der Waals surface area (Å²) in [6, 6.07) is 9.32. The number of ether oxygens (including phenoxy) is 1. The smallest absolute Gasteiger partial charge is 0.330 e. The lowest BCUT2D eigenvalue weighted by molar-refractivity contribution is -0.252. The molecule has 2 aromatic rings. The van der Waals surface area contributed by atoms with Crippen LogP contribution in [0.5, 0.6) is 0 Å². The Kier molecular flexibility index (Phi) is 8.39. The highest BCUT2D eigenvalue weighted by molar-refractivity contribution is 6.34. The quantitative estimate of drug-likeness (QED) is 0.400. The Morgan fingerprint density at radius 2 is 1.77 bits per heavy atom. The summed E-state index contributed by atoms with van der Waals surface area (Å²) in [6.45, 7) is 1.12. The number of aliphatic carboxylic acids is 1. The second-order valence-corrected chi connectivity index (χ2v) is 11.1. The maximum atomic E-state index is 16.4. The molecule has 214 valence electrons. The molecule has 2 fully saturated rings. The number of anilines is 2. The van der Waals surface area contributed by atoms with Crippen LogP contribution in [0.25, 0.3) is 0 Å². The number of ketones is 1. The number of carboxylic acids is 1. The monoisotopic (exact) mass is 575 g/mol. The first-order chi connectivity index (χ1) is 19.2. The summed E-state index contributed by atoms with van der Waals surface area (Å²) >= 11 is 6.38. The fraction of sp³-hybridized carbons (Fsp3) is 0.483. The zero-order valence-electron chi connectivity index (χ0n) is 22.0. The normalized spacial score (nSPS) is 22.5. The highest BCUT2D eigenvalue weighted by Crippen LogP contribution is 2.36. The number of benzene rings is 2. The van der Waals surface area contributed by atoms with Crippen molar-refractivity contribution in [2.24, 2.45) is 5.92 Å². The van der Waals surface area contributed by atoms with Crippen molar-refractivity contribution in [2.75, 3.05) is 29.9 Å². The summed E-state index contributed by atoms with van der Waals surface area (Å²) in [7, 11) is 0. The standard InChI is InChI=1S/C29H32ClF2N3O5/c30-22-15-20(23(31)17-24(22)33-28(39)35-14-11-18-5-1-2-6-25(18)35)16-26(36)29(32,34-12-3-4-13-34)40-21-9-7-19(8-10-21)27(37)38/h1-2,5-6,15,17,19,21H,3-4,7-14,16H2,(H,33,39)(H,37,38). The lowest BCUT2D eigenvalue weighted by Crippen LogP contribution is -2.54. The molecule has 2 N–H and O–H groups in total. The third-order valence-electron chi connectivity index (χ3n) is 8.06. The number of para-hydroxylation sites is 1. The molecule has 0 aromatic heterocycles. The first-order valence-electron chi connectivity index (χ1n) is 13.7. The van der Waals surface area contributed by atoms with E-state index in [1.807, 2.05) is 24.3 Å². The van der Waals surface area contributed by atoms with E-state index in [0.29, 0.717) is 64.6 Å². The molecule has 2 aromatic carbocycles. The van der Waals surface area contributed by atoms with Crippen LogP contribution >= 0.6 is 11.6 Å². The Morgan fingerprint density at radius 1 is 1.07 bits per heavy atom. The van der Waals surface area contributed by atoms with Gasteiger partial charge in [0.05, 0.1) is 22.7 Å². The molecule has 0 bridgehead atoms. The van der Waals surface area contributed by atoms with Crippen LogP contribution in [0.1, 0.15) is 49.7 Å². The summed E-state index contributed by atoms with van der Waals surface area (Å²) in [5, 5.41) is 11.9. The van der Waals surface area contributed by atoms with Crippen molar-refractivity contribution in [3.63, 3.8) is 0 Å². The minimum Gasteiger partial charge on any atom is -0.481 e. The van der Waals surface area contributed by atoms with E-state index in [4.69, 9.17) is 16.3 Å². The third-order valence-corrected chi connectivity index (χ3v) is 8.38. The van der Waals surface area contributed by atoms with Crippen LogP contribution in [-0.4, -0.2) is 59.5 Å². The van der Waals surface area contributed by atoms with Gasteiger partial charge in [-0.25, -0.2) is 14.1 Å². The number of Topliss-reactive ketones (excluding diaryl/α,β-unsaturated/α-hetero) is 1. The molecule has 2 aliphatic heterocycles. The molecule has 2 heterocycles. The van der Waals surface area contributed by atoms with Crippen LogP contribution in [-0.2, 0) is 27.2 Å². The van der Waals surface area contributed by atoms with Crippen molar-refractivity contribution in [2.45, 2.75) is 63.4 Å². The SMILES string of the molecule is O=C(O)C1CCC(OC(F)(C(=O)Cc2cc(Cl)c(NC(=O)N3CCc4ccccc43)cc2F)N2CCCC2)CC1. The van der Waals surface area contributed by atoms with Gasteiger partial charge < -0.3 is 15.2 Å². The molecule has 40 heavy (non-hydrogen) atoms. The number of nitrogens with one attached hydrogen (secondary N) is 1. The molecule has 1 unspecified atom stereocenters. The van der Waals surface area contributed by atoms with E-state index in [0.717, 1.165) is 17.3 Å². The fourth-order valence-electron chi connectivity index (χ4n) is 5.80. The molecule has 1 aliphatic carbocycles. The topological polar surface area (TPSA) is 99.2 Å². The molecule has 1 saturated carbocycles. The fourth-order valence-corrected chi connectivity index (χ4v) is 6.04. The zero-order chi connectivity index (χ0) is 28.4. The van der Waals surface area contributed by atoms with Gasteiger partial charge in [0, 0.05) is 31.7 Å². The number of amides is 2. The molecular weight excluding hydrogens is 544 g/mol. The lowest BCUT2D eigenvalue weighted by Gasteiger charge is -2.37. The van der Waals surface area contributed by atoms with E-state index < -0.39 is 48.0 Å². The number of alkyl halides is 1. The second kappa shape index (κ2) is 11.8. The summed E-state index contributed by atoms with van der Waals surface area (Å²) in [5.41, 5.74) is 1.74. The summed E-state index contributed by atoms with van der Waals surface area (Å²) in [5.74, 6) is -5.91.